The number of carbonyl (C=O) groups excluding carboxylic acids is 1. The van der Waals surface area contributed by atoms with Gasteiger partial charge in [0.05, 0.1) is 5.56 Å². The van der Waals surface area contributed by atoms with Gasteiger partial charge in [0.1, 0.15) is 12.2 Å². The van der Waals surface area contributed by atoms with Gasteiger partial charge in [-0.1, -0.05) is 12.1 Å². The number of anilines is 1. The predicted octanol–water partition coefficient (Wildman–Crippen LogP) is 0.599. The summed E-state index contributed by atoms with van der Waals surface area (Å²) >= 11 is 0. The summed E-state index contributed by atoms with van der Waals surface area (Å²) in [6.45, 7) is 3.01. The minimum Gasteiger partial charge on any atom is -0.398 e. The maximum absolute atomic E-state index is 11.8. The number of aromatic nitrogens is 3. The highest BCUT2D eigenvalue weighted by Crippen LogP contribution is 2.09. The second kappa shape index (κ2) is 5.31. The molecule has 94 valence electrons. The molecule has 0 atom stereocenters. The van der Waals surface area contributed by atoms with Crippen LogP contribution in [0.15, 0.2) is 30.6 Å². The highest BCUT2D eigenvalue weighted by atomic mass is 16.1. The molecule has 1 aromatic carbocycles. The number of carbonyl (C=O) groups is 1. The first-order chi connectivity index (χ1) is 8.68. The number of hydrogen-bond acceptors (Lipinski definition) is 4. The molecule has 6 heteroatoms. The van der Waals surface area contributed by atoms with Gasteiger partial charge in [-0.15, -0.1) is 10.2 Å². The van der Waals surface area contributed by atoms with E-state index in [2.05, 4.69) is 15.5 Å². The van der Waals surface area contributed by atoms with Crippen molar-refractivity contribution < 1.29 is 4.79 Å². The fourth-order valence-electron chi connectivity index (χ4n) is 1.62. The molecule has 0 aliphatic heterocycles. The van der Waals surface area contributed by atoms with Crippen LogP contribution in [0.2, 0.25) is 0 Å². The molecule has 0 bridgehead atoms. The van der Waals surface area contributed by atoms with Gasteiger partial charge in [-0.3, -0.25) is 4.79 Å². The van der Waals surface area contributed by atoms with Gasteiger partial charge in [0.2, 0.25) is 0 Å². The third kappa shape index (κ3) is 2.65. The molecular weight excluding hydrogens is 230 g/mol. The highest BCUT2D eigenvalue weighted by molar-refractivity contribution is 5.98. The fourth-order valence-corrected chi connectivity index (χ4v) is 1.62. The Kier molecular flexibility index (Phi) is 3.57. The van der Waals surface area contributed by atoms with Gasteiger partial charge in [0, 0.05) is 18.8 Å². The highest BCUT2D eigenvalue weighted by Gasteiger charge is 2.07. The van der Waals surface area contributed by atoms with Gasteiger partial charge in [0.25, 0.3) is 5.91 Å². The molecule has 0 saturated carbocycles. The summed E-state index contributed by atoms with van der Waals surface area (Å²) in [6.07, 6.45) is 1.64. The largest absolute Gasteiger partial charge is 0.398 e. The third-order valence-corrected chi connectivity index (χ3v) is 2.65. The van der Waals surface area contributed by atoms with Crippen LogP contribution < -0.4 is 11.1 Å². The molecule has 0 unspecified atom stereocenters. The first-order valence-corrected chi connectivity index (χ1v) is 5.65. The number of benzene rings is 1. The number of rotatable bonds is 4. The maximum Gasteiger partial charge on any atom is 0.253 e. The summed E-state index contributed by atoms with van der Waals surface area (Å²) in [7, 11) is 0. The molecule has 1 heterocycles. The molecule has 2 rings (SSSR count). The van der Waals surface area contributed by atoms with Crippen LogP contribution in [-0.2, 0) is 6.54 Å². The molecule has 0 aliphatic carbocycles. The minimum absolute atomic E-state index is 0.168. The Bertz CT molecular complexity index is 549. The third-order valence-electron chi connectivity index (χ3n) is 2.65. The molecule has 1 amide bonds. The quantitative estimate of drug-likeness (QED) is 0.772. The zero-order valence-electron chi connectivity index (χ0n) is 10.1. The van der Waals surface area contributed by atoms with Crippen molar-refractivity contribution in [3.05, 3.63) is 42.0 Å². The topological polar surface area (TPSA) is 85.8 Å². The summed E-state index contributed by atoms with van der Waals surface area (Å²) in [5.74, 6) is 0.655. The predicted molar refractivity (Wildman–Crippen MR) is 67.9 cm³/mol. The smallest absolute Gasteiger partial charge is 0.253 e. The molecule has 2 aromatic rings. The monoisotopic (exact) mass is 245 g/mol. The van der Waals surface area contributed by atoms with Gasteiger partial charge in [-0.2, -0.15) is 0 Å². The normalized spacial score (nSPS) is 10.3. The van der Waals surface area contributed by atoms with Crippen molar-refractivity contribution in [1.82, 2.24) is 20.1 Å². The van der Waals surface area contributed by atoms with Crippen molar-refractivity contribution in [2.24, 2.45) is 0 Å². The van der Waals surface area contributed by atoms with Crippen LogP contribution in [0.4, 0.5) is 5.69 Å². The zero-order chi connectivity index (χ0) is 13.0. The van der Waals surface area contributed by atoms with E-state index in [1.165, 1.54) is 0 Å². The van der Waals surface area contributed by atoms with Crippen LogP contribution in [-0.4, -0.2) is 27.2 Å². The van der Waals surface area contributed by atoms with E-state index in [4.69, 9.17) is 5.73 Å². The molecule has 18 heavy (non-hydrogen) atoms. The van der Waals surface area contributed by atoms with Crippen molar-refractivity contribution in [2.45, 2.75) is 13.5 Å². The minimum atomic E-state index is -0.168. The molecule has 0 aliphatic rings. The molecule has 0 spiro atoms. The summed E-state index contributed by atoms with van der Waals surface area (Å²) < 4.78 is 1.87. The van der Waals surface area contributed by atoms with Gasteiger partial charge in [-0.05, 0) is 19.1 Å². The molecule has 0 saturated heterocycles. The second-order valence-corrected chi connectivity index (χ2v) is 3.91. The van der Waals surface area contributed by atoms with E-state index in [1.54, 1.807) is 30.6 Å². The number of aryl methyl sites for hydroxylation is 1. The van der Waals surface area contributed by atoms with Crippen molar-refractivity contribution in [1.29, 1.82) is 0 Å². The van der Waals surface area contributed by atoms with E-state index in [-0.39, 0.29) is 5.91 Å². The van der Waals surface area contributed by atoms with Gasteiger partial charge in [-0.25, -0.2) is 0 Å². The summed E-state index contributed by atoms with van der Waals surface area (Å²) in [5, 5.41) is 10.4. The number of nitrogen functional groups attached to an aromatic ring is 1. The molecule has 3 N–H and O–H groups in total. The van der Waals surface area contributed by atoms with E-state index in [0.717, 1.165) is 5.82 Å². The summed E-state index contributed by atoms with van der Waals surface area (Å²) in [6, 6.07) is 7.00. The van der Waals surface area contributed by atoms with Crippen molar-refractivity contribution in [2.75, 3.05) is 12.3 Å². The van der Waals surface area contributed by atoms with Gasteiger partial charge < -0.3 is 15.6 Å². The Morgan fingerprint density at radius 1 is 1.44 bits per heavy atom. The lowest BCUT2D eigenvalue weighted by molar-refractivity contribution is 0.0953. The average Bonchev–Trinajstić information content (AvgIpc) is 2.75. The van der Waals surface area contributed by atoms with E-state index >= 15 is 0 Å². The number of para-hydroxylation sites is 1. The average molecular weight is 245 g/mol. The van der Waals surface area contributed by atoms with Crippen molar-refractivity contribution in [3.8, 4) is 0 Å². The van der Waals surface area contributed by atoms with Crippen LogP contribution in [0.1, 0.15) is 16.2 Å². The lowest BCUT2D eigenvalue weighted by Gasteiger charge is -2.08. The molecular formula is C12H15N5O. The fraction of sp³-hybridized carbons (Fsp3) is 0.250. The first kappa shape index (κ1) is 12.1. The number of hydrogen-bond donors (Lipinski definition) is 2. The standard InChI is InChI=1S/C12H15N5O/c1-9-16-15-8-17(9)7-6-14-12(18)10-4-2-3-5-11(10)13/h2-5,8H,6-7,13H2,1H3,(H,14,18). The second-order valence-electron chi connectivity index (χ2n) is 3.91. The van der Waals surface area contributed by atoms with Crippen LogP contribution in [0.5, 0.6) is 0 Å². The Labute approximate surface area is 105 Å². The van der Waals surface area contributed by atoms with Gasteiger partial charge in [0.15, 0.2) is 0 Å². The number of nitrogens with zero attached hydrogens (tertiary/aromatic N) is 3. The molecule has 0 radical (unpaired) electrons. The Morgan fingerprint density at radius 3 is 2.89 bits per heavy atom. The number of nitrogens with two attached hydrogens (primary N) is 1. The van der Waals surface area contributed by atoms with Crippen molar-refractivity contribution in [3.63, 3.8) is 0 Å². The van der Waals surface area contributed by atoms with E-state index < -0.39 is 0 Å². The number of nitrogens with one attached hydrogen (secondary N) is 1. The summed E-state index contributed by atoms with van der Waals surface area (Å²) in [4.78, 5) is 11.8. The summed E-state index contributed by atoms with van der Waals surface area (Å²) in [5.41, 5.74) is 6.71. The first-order valence-electron chi connectivity index (χ1n) is 5.65. The van der Waals surface area contributed by atoms with E-state index in [1.807, 2.05) is 11.5 Å². The lowest BCUT2D eigenvalue weighted by Crippen LogP contribution is -2.28. The van der Waals surface area contributed by atoms with Crippen molar-refractivity contribution >= 4 is 11.6 Å². The van der Waals surface area contributed by atoms with Crippen LogP contribution in [0.3, 0.4) is 0 Å². The van der Waals surface area contributed by atoms with E-state index in [9.17, 15) is 4.79 Å². The lowest BCUT2D eigenvalue weighted by atomic mass is 10.2. The maximum atomic E-state index is 11.8. The molecule has 1 aromatic heterocycles. The van der Waals surface area contributed by atoms with Crippen LogP contribution in [0, 0.1) is 6.92 Å². The Balaban J connectivity index is 1.90. The van der Waals surface area contributed by atoms with Crippen LogP contribution in [0.25, 0.3) is 0 Å². The number of amides is 1. The zero-order valence-corrected chi connectivity index (χ0v) is 10.1. The Morgan fingerprint density at radius 2 is 2.22 bits per heavy atom. The molecule has 6 nitrogen and oxygen atoms in total. The molecule has 0 fully saturated rings. The van der Waals surface area contributed by atoms with Crippen LogP contribution >= 0.6 is 0 Å². The van der Waals surface area contributed by atoms with E-state index in [0.29, 0.717) is 24.3 Å². The van der Waals surface area contributed by atoms with Gasteiger partial charge >= 0.3 is 0 Å². The SMILES string of the molecule is Cc1nncn1CCNC(=O)c1ccccc1N. The Hall–Kier alpha value is -2.37.